The first-order valence-corrected chi connectivity index (χ1v) is 9.77. The Morgan fingerprint density at radius 1 is 1.35 bits per heavy atom. The van der Waals surface area contributed by atoms with Gasteiger partial charge in [0, 0.05) is 37.6 Å². The molecule has 1 aromatic heterocycles. The summed E-state index contributed by atoms with van der Waals surface area (Å²) in [4.78, 5) is 22.1. The molecule has 0 saturated carbocycles. The highest BCUT2D eigenvalue weighted by molar-refractivity contribution is 14.0. The minimum atomic E-state index is 0. The lowest BCUT2D eigenvalue weighted by Crippen LogP contribution is -2.40. The number of carbonyl (C=O) groups is 1. The van der Waals surface area contributed by atoms with E-state index >= 15 is 0 Å². The Morgan fingerprint density at radius 2 is 2.15 bits per heavy atom. The van der Waals surface area contributed by atoms with Gasteiger partial charge in [0.25, 0.3) is 0 Å². The Morgan fingerprint density at radius 3 is 2.96 bits per heavy atom. The largest absolute Gasteiger partial charge is 0.379 e. The molecule has 0 unspecified atom stereocenters. The fourth-order valence-corrected chi connectivity index (χ4v) is 4.00. The van der Waals surface area contributed by atoms with E-state index in [0.29, 0.717) is 12.5 Å². The van der Waals surface area contributed by atoms with Gasteiger partial charge in [-0.05, 0) is 36.4 Å². The van der Waals surface area contributed by atoms with Gasteiger partial charge in [0.1, 0.15) is 6.54 Å². The van der Waals surface area contributed by atoms with Gasteiger partial charge >= 0.3 is 0 Å². The van der Waals surface area contributed by atoms with Crippen molar-refractivity contribution in [3.63, 3.8) is 0 Å². The number of guanidine groups is 1. The van der Waals surface area contributed by atoms with Gasteiger partial charge in [0.2, 0.25) is 5.91 Å². The number of hydrogen-bond acceptors (Lipinski definition) is 5. The normalized spacial score (nSPS) is 18.2. The zero-order valence-electron chi connectivity index (χ0n) is 15.0. The summed E-state index contributed by atoms with van der Waals surface area (Å²) in [5, 5.41) is 5.19. The number of nitrogens with zero attached hydrogens (tertiary/aromatic N) is 3. The highest BCUT2D eigenvalue weighted by Crippen LogP contribution is 2.23. The number of fused-ring (bicyclic) bond motifs is 1. The van der Waals surface area contributed by atoms with Crippen molar-refractivity contribution in [3.8, 4) is 0 Å². The van der Waals surface area contributed by atoms with Crippen molar-refractivity contribution in [2.45, 2.75) is 19.4 Å². The fourth-order valence-electron chi connectivity index (χ4n) is 3.11. The Kier molecular flexibility index (Phi) is 9.09. The van der Waals surface area contributed by atoms with Crippen LogP contribution >= 0.6 is 35.3 Å². The van der Waals surface area contributed by atoms with Crippen LogP contribution in [-0.4, -0.2) is 74.1 Å². The molecule has 7 nitrogen and oxygen atoms in total. The lowest BCUT2D eigenvalue weighted by Gasteiger charge is -2.26. The number of hydrogen-bond donors (Lipinski definition) is 2. The molecular weight excluding hydrogens is 465 g/mol. The number of nitrogens with one attached hydrogen (secondary N) is 1. The van der Waals surface area contributed by atoms with Crippen LogP contribution in [0.3, 0.4) is 0 Å². The fraction of sp³-hybridized carbons (Fsp3) is 0.647. The number of nitrogens with two attached hydrogens (primary N) is 1. The van der Waals surface area contributed by atoms with E-state index in [1.165, 1.54) is 10.4 Å². The van der Waals surface area contributed by atoms with Gasteiger partial charge in [-0.15, -0.1) is 35.3 Å². The van der Waals surface area contributed by atoms with E-state index in [2.05, 4.69) is 26.7 Å². The molecule has 1 amide bonds. The molecule has 0 aliphatic carbocycles. The zero-order valence-corrected chi connectivity index (χ0v) is 18.1. The minimum Gasteiger partial charge on any atom is -0.379 e. The zero-order chi connectivity index (χ0) is 17.5. The number of halogens is 1. The first-order chi connectivity index (χ1) is 12.2. The van der Waals surface area contributed by atoms with Gasteiger partial charge in [0.05, 0.1) is 13.2 Å². The van der Waals surface area contributed by atoms with Gasteiger partial charge in [-0.25, -0.2) is 4.99 Å². The topological polar surface area (TPSA) is 83.2 Å². The van der Waals surface area contributed by atoms with E-state index in [-0.39, 0.29) is 36.4 Å². The average molecular weight is 493 g/mol. The quantitative estimate of drug-likeness (QED) is 0.266. The van der Waals surface area contributed by atoms with E-state index in [1.54, 1.807) is 11.3 Å². The van der Waals surface area contributed by atoms with Crippen LogP contribution in [0.15, 0.2) is 16.4 Å². The molecule has 0 atom stereocenters. The molecule has 1 saturated heterocycles. The summed E-state index contributed by atoms with van der Waals surface area (Å²) >= 11 is 1.77. The minimum absolute atomic E-state index is 0. The van der Waals surface area contributed by atoms with Crippen LogP contribution in [-0.2, 0) is 22.5 Å². The van der Waals surface area contributed by atoms with Crippen molar-refractivity contribution in [1.82, 2.24) is 15.1 Å². The van der Waals surface area contributed by atoms with E-state index in [0.717, 1.165) is 58.8 Å². The summed E-state index contributed by atoms with van der Waals surface area (Å²) < 4.78 is 5.33. The van der Waals surface area contributed by atoms with Crippen LogP contribution in [0.2, 0.25) is 0 Å². The van der Waals surface area contributed by atoms with Crippen LogP contribution in [0.5, 0.6) is 0 Å². The predicted molar refractivity (Wildman–Crippen MR) is 115 cm³/mol. The molecule has 3 heterocycles. The molecule has 0 bridgehead atoms. The van der Waals surface area contributed by atoms with Crippen molar-refractivity contribution in [2.24, 2.45) is 10.7 Å². The molecule has 3 rings (SSSR count). The first kappa shape index (κ1) is 21.4. The number of carbonyl (C=O) groups excluding carboxylic acids is 1. The molecule has 2 aliphatic rings. The summed E-state index contributed by atoms with van der Waals surface area (Å²) in [7, 11) is 0. The Labute approximate surface area is 176 Å². The summed E-state index contributed by atoms with van der Waals surface area (Å²) in [6, 6.07) is 2.10. The third kappa shape index (κ3) is 6.36. The molecule has 3 N–H and O–H groups in total. The van der Waals surface area contributed by atoms with E-state index in [4.69, 9.17) is 10.5 Å². The molecule has 146 valence electrons. The molecule has 0 spiro atoms. The van der Waals surface area contributed by atoms with E-state index in [9.17, 15) is 4.79 Å². The number of rotatable bonds is 6. The third-order valence-corrected chi connectivity index (χ3v) is 5.63. The maximum absolute atomic E-state index is 12.3. The molecule has 0 radical (unpaired) electrons. The van der Waals surface area contributed by atoms with Gasteiger partial charge < -0.3 is 20.7 Å². The summed E-state index contributed by atoms with van der Waals surface area (Å²) in [5.41, 5.74) is 7.13. The van der Waals surface area contributed by atoms with Gasteiger partial charge in [-0.1, -0.05) is 0 Å². The standard InChI is InChI=1S/C17H27N5O2S.HI/c18-17(19-4-1-5-21-7-9-24-10-8-21)20-12-16(23)22-6-2-15-14(13-22)3-11-25-15;/h3,11H,1-2,4-10,12-13H2,(H3,18,19,20);1H. The summed E-state index contributed by atoms with van der Waals surface area (Å²) in [6.07, 6.45) is 1.94. The molecule has 1 fully saturated rings. The summed E-state index contributed by atoms with van der Waals surface area (Å²) in [5.74, 6) is 0.387. The van der Waals surface area contributed by atoms with Crippen LogP contribution in [0.4, 0.5) is 0 Å². The van der Waals surface area contributed by atoms with Crippen LogP contribution < -0.4 is 11.1 Å². The lowest BCUT2D eigenvalue weighted by molar-refractivity contribution is -0.130. The van der Waals surface area contributed by atoms with Crippen LogP contribution in [0.1, 0.15) is 16.9 Å². The number of morpholine rings is 1. The average Bonchev–Trinajstić information content (AvgIpc) is 3.12. The lowest BCUT2D eigenvalue weighted by atomic mass is 10.1. The SMILES string of the molecule is I.NC(=NCC(=O)N1CCc2sccc2C1)NCCCN1CCOCC1. The Balaban J connectivity index is 0.00000243. The summed E-state index contributed by atoms with van der Waals surface area (Å²) in [6.45, 7) is 7.02. The van der Waals surface area contributed by atoms with Crippen molar-refractivity contribution in [1.29, 1.82) is 0 Å². The second-order valence-electron chi connectivity index (χ2n) is 6.37. The maximum atomic E-state index is 12.3. The predicted octanol–water partition coefficient (Wildman–Crippen LogP) is 0.877. The highest BCUT2D eigenvalue weighted by Gasteiger charge is 2.21. The monoisotopic (exact) mass is 493 g/mol. The van der Waals surface area contributed by atoms with Gasteiger partial charge in [0.15, 0.2) is 5.96 Å². The van der Waals surface area contributed by atoms with E-state index < -0.39 is 0 Å². The van der Waals surface area contributed by atoms with Crippen molar-refractivity contribution < 1.29 is 9.53 Å². The molecule has 1 aromatic rings. The second kappa shape index (κ2) is 11.1. The van der Waals surface area contributed by atoms with Crippen LogP contribution in [0.25, 0.3) is 0 Å². The van der Waals surface area contributed by atoms with Crippen molar-refractivity contribution >= 4 is 47.2 Å². The van der Waals surface area contributed by atoms with Gasteiger partial charge in [-0.3, -0.25) is 9.69 Å². The number of amides is 1. The number of aliphatic imine (C=N–C) groups is 1. The Bertz CT molecular complexity index is 604. The highest BCUT2D eigenvalue weighted by atomic mass is 127. The first-order valence-electron chi connectivity index (χ1n) is 8.89. The number of thiophene rings is 1. The molecule has 2 aliphatic heterocycles. The maximum Gasteiger partial charge on any atom is 0.244 e. The molecular formula is C17H28IN5O2S. The van der Waals surface area contributed by atoms with E-state index in [1.807, 2.05) is 4.90 Å². The Hall–Kier alpha value is -0.910. The van der Waals surface area contributed by atoms with Crippen LogP contribution in [0, 0.1) is 0 Å². The third-order valence-electron chi connectivity index (χ3n) is 4.61. The van der Waals surface area contributed by atoms with Crippen molar-refractivity contribution in [2.75, 3.05) is 52.5 Å². The van der Waals surface area contributed by atoms with Crippen molar-refractivity contribution in [3.05, 3.63) is 21.9 Å². The molecule has 26 heavy (non-hydrogen) atoms. The molecule has 0 aromatic carbocycles. The molecule has 9 heteroatoms. The van der Waals surface area contributed by atoms with Gasteiger partial charge in [-0.2, -0.15) is 0 Å². The number of ether oxygens (including phenoxy) is 1. The smallest absolute Gasteiger partial charge is 0.244 e. The second-order valence-corrected chi connectivity index (χ2v) is 7.37.